The summed E-state index contributed by atoms with van der Waals surface area (Å²) in [6.07, 6.45) is 4.63. The molecule has 0 saturated heterocycles. The number of hydrogen-bond donors (Lipinski definition) is 3. The molecule has 0 radical (unpaired) electrons. The number of nitrogens with one attached hydrogen (secondary N) is 2. The van der Waals surface area contributed by atoms with Crippen molar-refractivity contribution in [1.29, 1.82) is 0 Å². The Morgan fingerprint density at radius 1 is 1.00 bits per heavy atom. The Kier molecular flexibility index (Phi) is 10.8. The monoisotopic (exact) mass is 505 g/mol. The fraction of sp³-hybridized carbons (Fsp3) is 0.417. The second-order valence-corrected chi connectivity index (χ2v) is 9.44. The smallest absolute Gasteiger partial charge is 0.354 e. The van der Waals surface area contributed by atoms with Crippen LogP contribution in [0, 0.1) is 0 Å². The van der Waals surface area contributed by atoms with Gasteiger partial charge in [0.1, 0.15) is 0 Å². The van der Waals surface area contributed by atoms with E-state index in [-0.39, 0.29) is 27.6 Å². The van der Waals surface area contributed by atoms with Crippen molar-refractivity contribution >= 4 is 27.8 Å². The number of pyridine rings is 1. The summed E-state index contributed by atoms with van der Waals surface area (Å²) in [7, 11) is -4.23. The standard InChI is InChI=1S/C24H31N3O7S/c1-3-5-6-8-18-15-19(16-26-21(18)24(30)31)23(29)27-35(32,33)20-11-9-17(10-12-20)22(28)25-13-7-14-34-4-2/h9-12,15-16H,3-8,13-14H2,1-2H3,(H,25,28)(H,27,29)(H,30,31). The van der Waals surface area contributed by atoms with Gasteiger partial charge in [-0.15, -0.1) is 0 Å². The molecule has 11 heteroatoms. The number of nitrogens with zero attached hydrogens (tertiary/aromatic N) is 1. The molecule has 1 aromatic carbocycles. The minimum atomic E-state index is -4.23. The van der Waals surface area contributed by atoms with Crippen LogP contribution in [0.3, 0.4) is 0 Å². The lowest BCUT2D eigenvalue weighted by Gasteiger charge is -2.10. The molecule has 0 saturated carbocycles. The molecule has 1 aromatic heterocycles. The Labute approximate surface area is 205 Å². The maximum Gasteiger partial charge on any atom is 0.354 e. The topological polar surface area (TPSA) is 152 Å². The lowest BCUT2D eigenvalue weighted by Crippen LogP contribution is -2.31. The number of aryl methyl sites for hydroxylation is 1. The normalized spacial score (nSPS) is 11.1. The number of carboxylic acids is 1. The number of aromatic nitrogens is 1. The zero-order valence-electron chi connectivity index (χ0n) is 19.9. The zero-order chi connectivity index (χ0) is 25.8. The highest BCUT2D eigenvalue weighted by Gasteiger charge is 2.21. The molecular formula is C24H31N3O7S. The van der Waals surface area contributed by atoms with Gasteiger partial charge in [-0.25, -0.2) is 22.9 Å². The molecule has 1 heterocycles. The first kappa shape index (κ1) is 27.9. The number of rotatable bonds is 14. The maximum atomic E-state index is 12.7. The number of carbonyl (C=O) groups excluding carboxylic acids is 2. The first-order valence-electron chi connectivity index (χ1n) is 11.4. The third kappa shape index (κ3) is 8.45. The number of sulfonamides is 1. The van der Waals surface area contributed by atoms with Crippen molar-refractivity contribution in [2.75, 3.05) is 19.8 Å². The summed E-state index contributed by atoms with van der Waals surface area (Å²) in [6, 6.07) is 6.52. The second-order valence-electron chi connectivity index (χ2n) is 7.76. The molecular weight excluding hydrogens is 474 g/mol. The average molecular weight is 506 g/mol. The lowest BCUT2D eigenvalue weighted by atomic mass is 10.0. The van der Waals surface area contributed by atoms with Gasteiger partial charge in [0.25, 0.3) is 21.8 Å². The van der Waals surface area contributed by atoms with Crippen molar-refractivity contribution in [3.05, 3.63) is 58.9 Å². The molecule has 0 aliphatic carbocycles. The van der Waals surface area contributed by atoms with E-state index in [0.717, 1.165) is 19.0 Å². The summed E-state index contributed by atoms with van der Waals surface area (Å²) in [5.41, 5.74) is 0.421. The molecule has 0 bridgehead atoms. The summed E-state index contributed by atoms with van der Waals surface area (Å²) in [5, 5.41) is 12.1. The Morgan fingerprint density at radius 2 is 1.71 bits per heavy atom. The molecule has 2 aromatic rings. The molecule has 0 aliphatic heterocycles. The quantitative estimate of drug-likeness (QED) is 0.332. The van der Waals surface area contributed by atoms with Crippen LogP contribution in [-0.4, -0.2) is 56.1 Å². The zero-order valence-corrected chi connectivity index (χ0v) is 20.7. The van der Waals surface area contributed by atoms with Crippen LogP contribution in [0.2, 0.25) is 0 Å². The Hall–Kier alpha value is -3.31. The summed E-state index contributed by atoms with van der Waals surface area (Å²) >= 11 is 0. The minimum Gasteiger partial charge on any atom is -0.477 e. The van der Waals surface area contributed by atoms with Crippen molar-refractivity contribution in [2.45, 2.75) is 50.8 Å². The molecule has 2 amide bonds. The SMILES string of the molecule is CCCCCc1cc(C(=O)NS(=O)(=O)c2ccc(C(=O)NCCCOCC)cc2)cnc1C(=O)O. The van der Waals surface area contributed by atoms with Crippen LogP contribution in [0.4, 0.5) is 0 Å². The molecule has 2 rings (SSSR count). The van der Waals surface area contributed by atoms with E-state index in [0.29, 0.717) is 44.6 Å². The van der Waals surface area contributed by atoms with E-state index >= 15 is 0 Å². The molecule has 0 atom stereocenters. The van der Waals surface area contributed by atoms with Crippen LogP contribution in [0.1, 0.15) is 76.3 Å². The highest BCUT2D eigenvalue weighted by atomic mass is 32.2. The van der Waals surface area contributed by atoms with Gasteiger partial charge in [-0.3, -0.25) is 9.59 Å². The van der Waals surface area contributed by atoms with Crippen molar-refractivity contribution in [3.63, 3.8) is 0 Å². The molecule has 35 heavy (non-hydrogen) atoms. The van der Waals surface area contributed by atoms with Gasteiger partial charge in [0.05, 0.1) is 10.5 Å². The van der Waals surface area contributed by atoms with Crippen LogP contribution in [0.5, 0.6) is 0 Å². The van der Waals surface area contributed by atoms with Crippen LogP contribution in [0.15, 0.2) is 41.4 Å². The summed E-state index contributed by atoms with van der Waals surface area (Å²) in [4.78, 5) is 39.9. The Balaban J connectivity index is 2.08. The van der Waals surface area contributed by atoms with Crippen LogP contribution in [0.25, 0.3) is 0 Å². The van der Waals surface area contributed by atoms with E-state index in [1.807, 2.05) is 18.6 Å². The van der Waals surface area contributed by atoms with Crippen LogP contribution in [-0.2, 0) is 21.2 Å². The number of carbonyl (C=O) groups is 3. The number of ether oxygens (including phenoxy) is 1. The summed E-state index contributed by atoms with van der Waals surface area (Å²) in [6.45, 7) is 5.44. The molecule has 0 fully saturated rings. The highest BCUT2D eigenvalue weighted by molar-refractivity contribution is 7.90. The fourth-order valence-corrected chi connectivity index (χ4v) is 4.21. The van der Waals surface area contributed by atoms with E-state index in [2.05, 4.69) is 10.3 Å². The molecule has 0 unspecified atom stereocenters. The van der Waals surface area contributed by atoms with Crippen molar-refractivity contribution in [1.82, 2.24) is 15.0 Å². The maximum absolute atomic E-state index is 12.7. The van der Waals surface area contributed by atoms with Crippen LogP contribution >= 0.6 is 0 Å². The van der Waals surface area contributed by atoms with Crippen LogP contribution < -0.4 is 10.0 Å². The first-order valence-corrected chi connectivity index (χ1v) is 12.9. The lowest BCUT2D eigenvalue weighted by molar-refractivity contribution is 0.0688. The molecule has 190 valence electrons. The Morgan fingerprint density at radius 3 is 2.34 bits per heavy atom. The number of carboxylic acid groups (broad SMARTS) is 1. The van der Waals surface area contributed by atoms with E-state index in [4.69, 9.17) is 4.74 Å². The predicted molar refractivity (Wildman–Crippen MR) is 129 cm³/mol. The number of hydrogen-bond acceptors (Lipinski definition) is 7. The average Bonchev–Trinajstić information content (AvgIpc) is 2.83. The fourth-order valence-electron chi connectivity index (χ4n) is 3.23. The summed E-state index contributed by atoms with van der Waals surface area (Å²) in [5.74, 6) is -2.49. The van der Waals surface area contributed by atoms with Gasteiger partial charge >= 0.3 is 5.97 Å². The largest absolute Gasteiger partial charge is 0.477 e. The van der Waals surface area contributed by atoms with Gasteiger partial charge in [-0.1, -0.05) is 19.8 Å². The molecule has 3 N–H and O–H groups in total. The van der Waals surface area contributed by atoms with Gasteiger partial charge in [0.15, 0.2) is 5.69 Å². The van der Waals surface area contributed by atoms with Crippen molar-refractivity contribution in [3.8, 4) is 0 Å². The third-order valence-electron chi connectivity index (χ3n) is 5.09. The molecule has 0 spiro atoms. The van der Waals surface area contributed by atoms with Crippen molar-refractivity contribution < 1.29 is 32.6 Å². The minimum absolute atomic E-state index is 0.0619. The third-order valence-corrected chi connectivity index (χ3v) is 6.44. The van der Waals surface area contributed by atoms with Gasteiger partial charge < -0.3 is 15.2 Å². The van der Waals surface area contributed by atoms with Gasteiger partial charge in [-0.05, 0) is 62.1 Å². The van der Waals surface area contributed by atoms with E-state index < -0.39 is 21.9 Å². The predicted octanol–water partition coefficient (Wildman–Crippen LogP) is 2.79. The Bertz CT molecular complexity index is 1130. The molecule has 10 nitrogen and oxygen atoms in total. The number of benzene rings is 1. The molecule has 0 aliphatic rings. The van der Waals surface area contributed by atoms with Gasteiger partial charge in [-0.2, -0.15) is 0 Å². The second kappa shape index (κ2) is 13.5. The highest BCUT2D eigenvalue weighted by Crippen LogP contribution is 2.15. The van der Waals surface area contributed by atoms with Crippen molar-refractivity contribution in [2.24, 2.45) is 0 Å². The van der Waals surface area contributed by atoms with E-state index in [1.54, 1.807) is 0 Å². The van der Waals surface area contributed by atoms with Gasteiger partial charge in [0.2, 0.25) is 0 Å². The first-order chi connectivity index (χ1) is 16.7. The number of amides is 2. The number of aromatic carboxylic acids is 1. The summed E-state index contributed by atoms with van der Waals surface area (Å²) < 4.78 is 32.5. The van der Waals surface area contributed by atoms with E-state index in [9.17, 15) is 27.9 Å². The van der Waals surface area contributed by atoms with Gasteiger partial charge in [0, 0.05) is 31.5 Å². The van der Waals surface area contributed by atoms with E-state index in [1.165, 1.54) is 30.3 Å². The number of unbranched alkanes of at least 4 members (excludes halogenated alkanes) is 2.